The maximum atomic E-state index is 12.8. The van der Waals surface area contributed by atoms with Gasteiger partial charge in [0.2, 0.25) is 0 Å². The summed E-state index contributed by atoms with van der Waals surface area (Å²) in [7, 11) is 3.01. The summed E-state index contributed by atoms with van der Waals surface area (Å²) in [5.74, 6) is -0.0657. The molecule has 8 heteroatoms. The average Bonchev–Trinajstić information content (AvgIpc) is 2.67. The van der Waals surface area contributed by atoms with Gasteiger partial charge in [-0.3, -0.25) is 14.9 Å². The van der Waals surface area contributed by atoms with Gasteiger partial charge in [-0.15, -0.1) is 0 Å². The van der Waals surface area contributed by atoms with E-state index in [0.29, 0.717) is 18.6 Å². The van der Waals surface area contributed by atoms with E-state index in [2.05, 4.69) is 6.07 Å². The van der Waals surface area contributed by atoms with Crippen LogP contribution in [0, 0.1) is 21.4 Å². The Morgan fingerprint density at radius 1 is 1.38 bits per heavy atom. The molecular formula is C18H23N3O5. The lowest BCUT2D eigenvalue weighted by molar-refractivity contribution is -0.386. The Morgan fingerprint density at radius 2 is 2.04 bits per heavy atom. The fraction of sp³-hybridized carbons (Fsp3) is 0.556. The number of nitro benzene ring substituents is 1. The second-order valence-electron chi connectivity index (χ2n) is 6.45. The zero-order valence-electron chi connectivity index (χ0n) is 15.2. The van der Waals surface area contributed by atoms with Crippen LogP contribution in [-0.2, 0) is 4.79 Å². The van der Waals surface area contributed by atoms with Crippen LogP contribution in [0.25, 0.3) is 0 Å². The molecule has 1 aliphatic carbocycles. The van der Waals surface area contributed by atoms with Gasteiger partial charge in [0.25, 0.3) is 5.91 Å². The lowest BCUT2D eigenvalue weighted by Crippen LogP contribution is -2.53. The first-order valence-electron chi connectivity index (χ1n) is 8.52. The first-order valence-corrected chi connectivity index (χ1v) is 8.52. The summed E-state index contributed by atoms with van der Waals surface area (Å²) in [6, 6.07) is 6.46. The number of benzene rings is 1. The van der Waals surface area contributed by atoms with Crippen LogP contribution in [0.4, 0.5) is 5.69 Å². The highest BCUT2D eigenvalue weighted by atomic mass is 16.6. The molecule has 1 aromatic rings. The molecule has 26 heavy (non-hydrogen) atoms. The number of rotatable bonds is 6. The molecule has 1 fully saturated rings. The van der Waals surface area contributed by atoms with Gasteiger partial charge in [0.05, 0.1) is 24.2 Å². The highest BCUT2D eigenvalue weighted by Gasteiger charge is 2.40. The van der Waals surface area contributed by atoms with Crippen molar-refractivity contribution in [1.29, 1.82) is 5.26 Å². The van der Waals surface area contributed by atoms with Gasteiger partial charge in [0.15, 0.2) is 11.9 Å². The van der Waals surface area contributed by atoms with Crippen LogP contribution in [0.2, 0.25) is 0 Å². The normalized spacial score (nSPS) is 16.8. The van der Waals surface area contributed by atoms with Crippen molar-refractivity contribution >= 4 is 11.6 Å². The average molecular weight is 361 g/mol. The summed E-state index contributed by atoms with van der Waals surface area (Å²) < 4.78 is 10.6. The predicted octanol–water partition coefficient (Wildman–Crippen LogP) is 3.06. The molecule has 0 unspecified atom stereocenters. The van der Waals surface area contributed by atoms with Gasteiger partial charge < -0.3 is 14.4 Å². The number of likely N-dealkylation sites (N-methyl/N-ethyl adjacent to an activating group) is 1. The minimum Gasteiger partial charge on any atom is -0.496 e. The summed E-state index contributed by atoms with van der Waals surface area (Å²) in [4.78, 5) is 24.9. The molecule has 1 aromatic carbocycles. The van der Waals surface area contributed by atoms with Crippen LogP contribution in [0.1, 0.15) is 39.0 Å². The van der Waals surface area contributed by atoms with Crippen molar-refractivity contribution in [1.82, 2.24) is 4.90 Å². The Kier molecular flexibility index (Phi) is 6.03. The van der Waals surface area contributed by atoms with E-state index in [0.717, 1.165) is 19.3 Å². The van der Waals surface area contributed by atoms with E-state index in [-0.39, 0.29) is 17.3 Å². The third-order valence-corrected chi connectivity index (χ3v) is 4.88. The van der Waals surface area contributed by atoms with Crippen molar-refractivity contribution in [2.45, 2.75) is 50.7 Å². The molecule has 0 spiro atoms. The number of carbonyl (C=O) groups is 1. The largest absolute Gasteiger partial charge is 0.496 e. The van der Waals surface area contributed by atoms with Gasteiger partial charge in [-0.25, -0.2) is 0 Å². The lowest BCUT2D eigenvalue weighted by Gasteiger charge is -2.39. The number of hydrogen-bond donors (Lipinski definition) is 0. The Hall–Kier alpha value is -2.82. The molecule has 0 bridgehead atoms. The third-order valence-electron chi connectivity index (χ3n) is 4.88. The Balaban J connectivity index is 2.19. The van der Waals surface area contributed by atoms with E-state index in [1.54, 1.807) is 7.05 Å². The molecule has 0 aromatic heterocycles. The number of ether oxygens (including phenoxy) is 2. The van der Waals surface area contributed by atoms with E-state index < -0.39 is 16.6 Å². The number of nitriles is 1. The van der Waals surface area contributed by atoms with E-state index >= 15 is 0 Å². The SMILES string of the molecule is COc1ccc(O[C@@H](C)C(=O)N(C)C2(C#N)CCCCC2)c([N+](=O)[O-])c1. The molecule has 1 saturated carbocycles. The molecule has 140 valence electrons. The van der Waals surface area contributed by atoms with Gasteiger partial charge in [0, 0.05) is 7.05 Å². The van der Waals surface area contributed by atoms with Crippen molar-refractivity contribution in [3.63, 3.8) is 0 Å². The molecule has 1 aliphatic rings. The second kappa shape index (κ2) is 8.04. The quantitative estimate of drug-likeness (QED) is 0.569. The smallest absolute Gasteiger partial charge is 0.314 e. The Bertz CT molecular complexity index is 722. The topological polar surface area (TPSA) is 106 Å². The van der Waals surface area contributed by atoms with Gasteiger partial charge >= 0.3 is 5.69 Å². The van der Waals surface area contributed by atoms with Crippen LogP contribution in [0.3, 0.4) is 0 Å². The Labute approximate surface area is 152 Å². The van der Waals surface area contributed by atoms with Crippen LogP contribution < -0.4 is 9.47 Å². The molecule has 2 rings (SSSR count). The maximum Gasteiger partial charge on any atom is 0.314 e. The number of amides is 1. The summed E-state index contributed by atoms with van der Waals surface area (Å²) in [5, 5.41) is 20.9. The number of nitrogens with zero attached hydrogens (tertiary/aromatic N) is 3. The summed E-state index contributed by atoms with van der Waals surface area (Å²) in [6.07, 6.45) is 3.13. The minimum atomic E-state index is -0.959. The fourth-order valence-electron chi connectivity index (χ4n) is 3.25. The summed E-state index contributed by atoms with van der Waals surface area (Å²) >= 11 is 0. The van der Waals surface area contributed by atoms with Crippen molar-refractivity contribution in [2.24, 2.45) is 0 Å². The molecule has 1 amide bonds. The van der Waals surface area contributed by atoms with Gasteiger partial charge in [-0.1, -0.05) is 19.3 Å². The molecule has 1 atom stereocenters. The highest BCUT2D eigenvalue weighted by molar-refractivity contribution is 5.82. The van der Waals surface area contributed by atoms with E-state index in [9.17, 15) is 20.2 Å². The number of hydrogen-bond acceptors (Lipinski definition) is 6. The predicted molar refractivity (Wildman–Crippen MR) is 93.9 cm³/mol. The minimum absolute atomic E-state index is 0.0142. The standard InChI is InChI=1S/C18H23N3O5/c1-13(17(22)20(2)18(12-19)9-5-4-6-10-18)26-16-8-7-14(25-3)11-15(16)21(23)24/h7-8,11,13H,4-6,9-10H2,1-3H3/t13-/m0/s1. The second-order valence-corrected chi connectivity index (χ2v) is 6.45. The van der Waals surface area contributed by atoms with E-state index in [1.165, 1.54) is 37.1 Å². The number of methoxy groups -OCH3 is 1. The molecule has 0 heterocycles. The summed E-state index contributed by atoms with van der Waals surface area (Å²) in [6.45, 7) is 1.53. The van der Waals surface area contributed by atoms with Crippen LogP contribution >= 0.6 is 0 Å². The molecule has 8 nitrogen and oxygen atoms in total. The lowest BCUT2D eigenvalue weighted by atomic mass is 9.81. The Morgan fingerprint density at radius 3 is 2.58 bits per heavy atom. The number of nitro groups is 1. The van der Waals surface area contributed by atoms with Crippen LogP contribution in [0.5, 0.6) is 11.5 Å². The first kappa shape index (κ1) is 19.5. The zero-order chi connectivity index (χ0) is 19.3. The first-order chi connectivity index (χ1) is 12.3. The van der Waals surface area contributed by atoms with Crippen LogP contribution in [-0.4, -0.2) is 41.5 Å². The van der Waals surface area contributed by atoms with Crippen molar-refractivity contribution in [3.8, 4) is 17.6 Å². The molecule has 0 N–H and O–H groups in total. The van der Waals surface area contributed by atoms with Gasteiger partial charge in [-0.05, 0) is 31.9 Å². The van der Waals surface area contributed by atoms with Gasteiger partial charge in [-0.2, -0.15) is 5.26 Å². The fourth-order valence-corrected chi connectivity index (χ4v) is 3.25. The third kappa shape index (κ3) is 3.87. The van der Waals surface area contributed by atoms with Gasteiger partial charge in [0.1, 0.15) is 11.3 Å². The van der Waals surface area contributed by atoms with Crippen molar-refractivity contribution in [2.75, 3.05) is 14.2 Å². The molecule has 0 radical (unpaired) electrons. The monoisotopic (exact) mass is 361 g/mol. The van der Waals surface area contributed by atoms with E-state index in [4.69, 9.17) is 9.47 Å². The molecule has 0 aliphatic heterocycles. The van der Waals surface area contributed by atoms with Crippen LogP contribution in [0.15, 0.2) is 18.2 Å². The highest BCUT2D eigenvalue weighted by Crippen LogP contribution is 2.34. The van der Waals surface area contributed by atoms with E-state index in [1.807, 2.05) is 0 Å². The maximum absolute atomic E-state index is 12.8. The van der Waals surface area contributed by atoms with Crippen molar-refractivity contribution in [3.05, 3.63) is 28.3 Å². The molecular weight excluding hydrogens is 338 g/mol. The number of carbonyl (C=O) groups excluding carboxylic acids is 1. The molecule has 0 saturated heterocycles. The zero-order valence-corrected chi connectivity index (χ0v) is 15.2. The summed E-state index contributed by atoms with van der Waals surface area (Å²) in [5.41, 5.74) is -1.11. The van der Waals surface area contributed by atoms with Crippen molar-refractivity contribution < 1.29 is 19.2 Å².